The summed E-state index contributed by atoms with van der Waals surface area (Å²) < 4.78 is 7.51. The zero-order valence-electron chi connectivity index (χ0n) is 15.6. The van der Waals surface area contributed by atoms with Crippen LogP contribution in [0.1, 0.15) is 24.1 Å². The van der Waals surface area contributed by atoms with Crippen LogP contribution in [0.5, 0.6) is 11.8 Å². The van der Waals surface area contributed by atoms with E-state index < -0.39 is 0 Å². The Labute approximate surface area is 163 Å². The van der Waals surface area contributed by atoms with Gasteiger partial charge in [0.05, 0.1) is 5.69 Å². The molecule has 0 unspecified atom stereocenters. The molecule has 1 atom stereocenters. The van der Waals surface area contributed by atoms with Gasteiger partial charge in [0.1, 0.15) is 5.75 Å². The maximum Gasteiger partial charge on any atom is 0.345 e. The van der Waals surface area contributed by atoms with E-state index in [9.17, 15) is 0 Å². The second-order valence-corrected chi connectivity index (χ2v) is 6.47. The number of aromatic nitrogens is 4. The van der Waals surface area contributed by atoms with Crippen LogP contribution in [-0.4, -0.2) is 20.2 Å². The average Bonchev–Trinajstić information content (AvgIpc) is 3.21. The molecular weight excluding hydrogens is 350 g/mol. The third-order valence-electron chi connectivity index (χ3n) is 4.46. The average molecular weight is 371 g/mol. The van der Waals surface area contributed by atoms with Crippen molar-refractivity contribution in [3.8, 4) is 17.4 Å². The number of para-hydroxylation sites is 1. The van der Waals surface area contributed by atoms with E-state index in [1.54, 1.807) is 4.68 Å². The molecule has 1 heterocycles. The predicted octanol–water partition coefficient (Wildman–Crippen LogP) is 4.31. The standard InChI is InChI=1S/C22H21N5O/c1-17(19-10-4-2-5-11-19)23-16-18-9-8-14-21(15-18)28-22-24-25-26-27(22)20-12-6-3-7-13-20/h2-15,17,23H,16H2,1H3/t17-/m1/s1. The maximum atomic E-state index is 5.94. The molecule has 0 aliphatic heterocycles. The molecule has 140 valence electrons. The van der Waals surface area contributed by atoms with Crippen molar-refractivity contribution in [1.29, 1.82) is 0 Å². The largest absolute Gasteiger partial charge is 0.423 e. The van der Waals surface area contributed by atoms with Crippen LogP contribution in [0.15, 0.2) is 84.9 Å². The first kappa shape index (κ1) is 17.9. The molecule has 0 spiro atoms. The van der Waals surface area contributed by atoms with Crippen LogP contribution in [0.3, 0.4) is 0 Å². The fourth-order valence-electron chi connectivity index (χ4n) is 2.93. The van der Waals surface area contributed by atoms with Gasteiger partial charge < -0.3 is 10.1 Å². The summed E-state index contributed by atoms with van der Waals surface area (Å²) in [6.07, 6.45) is 0. The molecule has 1 N–H and O–H groups in total. The van der Waals surface area contributed by atoms with Gasteiger partial charge in [-0.1, -0.05) is 65.8 Å². The number of nitrogens with one attached hydrogen (secondary N) is 1. The second-order valence-electron chi connectivity index (χ2n) is 6.47. The van der Waals surface area contributed by atoms with Crippen LogP contribution in [0.2, 0.25) is 0 Å². The molecule has 0 aliphatic carbocycles. The Balaban J connectivity index is 1.44. The lowest BCUT2D eigenvalue weighted by Crippen LogP contribution is -2.17. The van der Waals surface area contributed by atoms with Gasteiger partial charge >= 0.3 is 6.01 Å². The summed E-state index contributed by atoms with van der Waals surface area (Å²) in [5.74, 6) is 0.693. The van der Waals surface area contributed by atoms with Crippen molar-refractivity contribution in [1.82, 2.24) is 25.5 Å². The van der Waals surface area contributed by atoms with E-state index in [-0.39, 0.29) is 6.04 Å². The van der Waals surface area contributed by atoms with E-state index >= 15 is 0 Å². The third-order valence-corrected chi connectivity index (χ3v) is 4.46. The molecule has 0 saturated heterocycles. The van der Waals surface area contributed by atoms with Crippen molar-refractivity contribution in [2.24, 2.45) is 0 Å². The first-order valence-electron chi connectivity index (χ1n) is 9.18. The highest BCUT2D eigenvalue weighted by atomic mass is 16.5. The van der Waals surface area contributed by atoms with Gasteiger partial charge in [0.15, 0.2) is 0 Å². The van der Waals surface area contributed by atoms with Crippen molar-refractivity contribution in [2.45, 2.75) is 19.5 Å². The van der Waals surface area contributed by atoms with E-state index in [0.29, 0.717) is 11.8 Å². The summed E-state index contributed by atoms with van der Waals surface area (Å²) >= 11 is 0. The van der Waals surface area contributed by atoms with E-state index in [2.05, 4.69) is 58.1 Å². The minimum absolute atomic E-state index is 0.260. The zero-order chi connectivity index (χ0) is 19.2. The first-order valence-corrected chi connectivity index (χ1v) is 9.18. The molecule has 6 nitrogen and oxygen atoms in total. The van der Waals surface area contributed by atoms with Crippen LogP contribution < -0.4 is 10.1 Å². The summed E-state index contributed by atoms with van der Waals surface area (Å²) in [4.78, 5) is 0. The van der Waals surface area contributed by atoms with Gasteiger partial charge in [-0.15, -0.1) is 0 Å². The van der Waals surface area contributed by atoms with Crippen molar-refractivity contribution in [3.05, 3.63) is 96.1 Å². The molecule has 4 aromatic rings. The molecule has 6 heteroatoms. The van der Waals surface area contributed by atoms with Gasteiger partial charge in [-0.25, -0.2) is 0 Å². The summed E-state index contributed by atoms with van der Waals surface area (Å²) in [6, 6.07) is 28.6. The molecule has 1 aromatic heterocycles. The number of benzene rings is 3. The normalized spacial score (nSPS) is 11.9. The molecule has 0 radical (unpaired) electrons. The molecule has 3 aromatic carbocycles. The summed E-state index contributed by atoms with van der Waals surface area (Å²) in [6.45, 7) is 2.89. The van der Waals surface area contributed by atoms with Crippen LogP contribution in [0.4, 0.5) is 0 Å². The number of tetrazole rings is 1. The molecular formula is C22H21N5O. The van der Waals surface area contributed by atoms with Gasteiger partial charge in [-0.2, -0.15) is 4.68 Å². The number of nitrogens with zero attached hydrogens (tertiary/aromatic N) is 4. The van der Waals surface area contributed by atoms with Gasteiger partial charge in [-0.3, -0.25) is 0 Å². The van der Waals surface area contributed by atoms with Crippen molar-refractivity contribution < 1.29 is 4.74 Å². The predicted molar refractivity (Wildman–Crippen MR) is 107 cm³/mol. The quantitative estimate of drug-likeness (QED) is 0.524. The molecule has 0 aliphatic rings. The highest BCUT2D eigenvalue weighted by Crippen LogP contribution is 2.22. The Morgan fingerprint density at radius 2 is 1.68 bits per heavy atom. The maximum absolute atomic E-state index is 5.94. The van der Waals surface area contributed by atoms with E-state index in [4.69, 9.17) is 4.74 Å². The number of rotatable bonds is 7. The monoisotopic (exact) mass is 371 g/mol. The topological polar surface area (TPSA) is 64.9 Å². The zero-order valence-corrected chi connectivity index (χ0v) is 15.6. The Morgan fingerprint density at radius 1 is 0.929 bits per heavy atom. The minimum Gasteiger partial charge on any atom is -0.423 e. The van der Waals surface area contributed by atoms with Crippen LogP contribution in [0, 0.1) is 0 Å². The van der Waals surface area contributed by atoms with Crippen LogP contribution in [-0.2, 0) is 6.54 Å². The van der Waals surface area contributed by atoms with E-state index in [0.717, 1.165) is 17.8 Å². The Kier molecular flexibility index (Phi) is 5.40. The van der Waals surface area contributed by atoms with Gasteiger partial charge in [0.25, 0.3) is 0 Å². The summed E-state index contributed by atoms with van der Waals surface area (Å²) in [5, 5.41) is 15.3. The summed E-state index contributed by atoms with van der Waals surface area (Å²) in [5.41, 5.74) is 3.23. The van der Waals surface area contributed by atoms with Gasteiger partial charge in [-0.05, 0) is 52.7 Å². The molecule has 4 rings (SSSR count). The number of hydrogen-bond donors (Lipinski definition) is 1. The smallest absolute Gasteiger partial charge is 0.345 e. The SMILES string of the molecule is C[C@@H](NCc1cccc(Oc2nnnn2-c2ccccc2)c1)c1ccccc1. The highest BCUT2D eigenvalue weighted by molar-refractivity contribution is 5.34. The Morgan fingerprint density at radius 3 is 2.46 bits per heavy atom. The van der Waals surface area contributed by atoms with Crippen molar-refractivity contribution in [2.75, 3.05) is 0 Å². The van der Waals surface area contributed by atoms with E-state index in [1.807, 2.05) is 54.6 Å². The van der Waals surface area contributed by atoms with Crippen LogP contribution >= 0.6 is 0 Å². The van der Waals surface area contributed by atoms with E-state index in [1.165, 1.54) is 5.56 Å². The second kappa shape index (κ2) is 8.45. The highest BCUT2D eigenvalue weighted by Gasteiger charge is 2.11. The molecule has 0 saturated carbocycles. The molecule has 0 bridgehead atoms. The first-order chi connectivity index (χ1) is 13.8. The summed E-state index contributed by atoms with van der Waals surface area (Å²) in [7, 11) is 0. The van der Waals surface area contributed by atoms with Crippen LogP contribution in [0.25, 0.3) is 5.69 Å². The Hall–Kier alpha value is -3.51. The Bertz CT molecular complexity index is 1020. The van der Waals surface area contributed by atoms with Crippen molar-refractivity contribution >= 4 is 0 Å². The lowest BCUT2D eigenvalue weighted by molar-refractivity contribution is 0.426. The molecule has 0 fully saturated rings. The number of hydrogen-bond acceptors (Lipinski definition) is 5. The lowest BCUT2D eigenvalue weighted by Gasteiger charge is -2.14. The lowest BCUT2D eigenvalue weighted by atomic mass is 10.1. The van der Waals surface area contributed by atoms with Gasteiger partial charge in [0, 0.05) is 12.6 Å². The third kappa shape index (κ3) is 4.24. The molecule has 0 amide bonds. The fourth-order valence-corrected chi connectivity index (χ4v) is 2.93. The minimum atomic E-state index is 0.260. The van der Waals surface area contributed by atoms with Crippen molar-refractivity contribution in [3.63, 3.8) is 0 Å². The molecule has 28 heavy (non-hydrogen) atoms. The van der Waals surface area contributed by atoms with Gasteiger partial charge in [0.2, 0.25) is 0 Å². The fraction of sp³-hybridized carbons (Fsp3) is 0.136. The number of ether oxygens (including phenoxy) is 1.